The van der Waals surface area contributed by atoms with Crippen LogP contribution in [-0.4, -0.2) is 26.2 Å². The lowest BCUT2D eigenvalue weighted by Gasteiger charge is -2.23. The lowest BCUT2D eigenvalue weighted by molar-refractivity contribution is 0.385. The van der Waals surface area contributed by atoms with Crippen molar-refractivity contribution >= 4 is 0 Å². The zero-order valence-corrected chi connectivity index (χ0v) is 13.3. The van der Waals surface area contributed by atoms with Gasteiger partial charge in [-0.15, -0.1) is 5.10 Å². The van der Waals surface area contributed by atoms with Crippen LogP contribution in [0, 0.1) is 5.92 Å². The SMILES string of the molecule is CCC(C)CC(C)NC(C)c1cccc(-n2cnnn2)c1. The van der Waals surface area contributed by atoms with Crippen molar-refractivity contribution in [3.8, 4) is 5.69 Å². The van der Waals surface area contributed by atoms with E-state index in [1.165, 1.54) is 18.4 Å². The molecule has 5 nitrogen and oxygen atoms in total. The van der Waals surface area contributed by atoms with Crippen LogP contribution in [0.1, 0.15) is 52.1 Å². The number of nitrogens with one attached hydrogen (secondary N) is 1. The van der Waals surface area contributed by atoms with Crippen molar-refractivity contribution in [2.75, 3.05) is 0 Å². The molecule has 0 saturated heterocycles. The molecule has 2 rings (SSSR count). The van der Waals surface area contributed by atoms with Crippen LogP contribution in [0.4, 0.5) is 0 Å². The summed E-state index contributed by atoms with van der Waals surface area (Å²) >= 11 is 0. The summed E-state index contributed by atoms with van der Waals surface area (Å²) in [6, 6.07) is 9.14. The van der Waals surface area contributed by atoms with Crippen LogP contribution in [0.15, 0.2) is 30.6 Å². The summed E-state index contributed by atoms with van der Waals surface area (Å²) in [5.41, 5.74) is 2.24. The van der Waals surface area contributed by atoms with E-state index in [2.05, 4.69) is 60.7 Å². The largest absolute Gasteiger partial charge is 0.308 e. The van der Waals surface area contributed by atoms with Gasteiger partial charge in [0.1, 0.15) is 6.33 Å². The van der Waals surface area contributed by atoms with Crippen molar-refractivity contribution < 1.29 is 0 Å². The second-order valence-corrected chi connectivity index (χ2v) is 5.89. The highest BCUT2D eigenvalue weighted by atomic mass is 15.5. The fourth-order valence-electron chi connectivity index (χ4n) is 2.58. The van der Waals surface area contributed by atoms with Gasteiger partial charge < -0.3 is 5.32 Å². The van der Waals surface area contributed by atoms with E-state index in [9.17, 15) is 0 Å². The summed E-state index contributed by atoms with van der Waals surface area (Å²) in [5, 5.41) is 15.0. The van der Waals surface area contributed by atoms with E-state index in [-0.39, 0.29) is 0 Å². The predicted molar refractivity (Wildman–Crippen MR) is 84.2 cm³/mol. The van der Waals surface area contributed by atoms with Gasteiger partial charge in [0.2, 0.25) is 0 Å². The Morgan fingerprint density at radius 3 is 2.71 bits per heavy atom. The second kappa shape index (κ2) is 7.31. The van der Waals surface area contributed by atoms with Gasteiger partial charge in [0.05, 0.1) is 5.69 Å². The number of hydrogen-bond acceptors (Lipinski definition) is 4. The molecule has 1 N–H and O–H groups in total. The van der Waals surface area contributed by atoms with Gasteiger partial charge in [-0.05, 0) is 54.3 Å². The van der Waals surface area contributed by atoms with Gasteiger partial charge in [-0.2, -0.15) is 0 Å². The average molecular weight is 287 g/mol. The third-order valence-electron chi connectivity index (χ3n) is 3.97. The molecule has 3 unspecified atom stereocenters. The Balaban J connectivity index is 2.02. The molecular formula is C16H25N5. The normalized spacial score (nSPS) is 15.6. The molecule has 0 saturated carbocycles. The van der Waals surface area contributed by atoms with Gasteiger partial charge in [-0.25, -0.2) is 4.68 Å². The summed E-state index contributed by atoms with van der Waals surface area (Å²) in [6.45, 7) is 9.01. The van der Waals surface area contributed by atoms with Crippen LogP contribution in [0.3, 0.4) is 0 Å². The van der Waals surface area contributed by atoms with Crippen molar-refractivity contribution in [1.82, 2.24) is 25.5 Å². The Labute approximate surface area is 126 Å². The van der Waals surface area contributed by atoms with E-state index < -0.39 is 0 Å². The lowest BCUT2D eigenvalue weighted by Crippen LogP contribution is -2.30. The minimum Gasteiger partial charge on any atom is -0.308 e. The first kappa shape index (κ1) is 15.6. The quantitative estimate of drug-likeness (QED) is 0.850. The van der Waals surface area contributed by atoms with Crippen LogP contribution in [0.5, 0.6) is 0 Å². The molecule has 21 heavy (non-hydrogen) atoms. The Morgan fingerprint density at radius 1 is 1.24 bits per heavy atom. The number of rotatable bonds is 7. The monoisotopic (exact) mass is 287 g/mol. The molecule has 5 heteroatoms. The van der Waals surface area contributed by atoms with Crippen molar-refractivity contribution in [3.05, 3.63) is 36.2 Å². The highest BCUT2D eigenvalue weighted by Crippen LogP contribution is 2.18. The smallest absolute Gasteiger partial charge is 0.143 e. The minimum atomic E-state index is 0.306. The summed E-state index contributed by atoms with van der Waals surface area (Å²) in [7, 11) is 0. The molecule has 1 heterocycles. The van der Waals surface area contributed by atoms with Crippen LogP contribution in [-0.2, 0) is 0 Å². The first-order chi connectivity index (χ1) is 10.1. The Bertz CT molecular complexity index is 537. The first-order valence-electron chi connectivity index (χ1n) is 7.69. The van der Waals surface area contributed by atoms with Gasteiger partial charge in [-0.1, -0.05) is 32.4 Å². The Hall–Kier alpha value is -1.75. The fourth-order valence-corrected chi connectivity index (χ4v) is 2.58. The number of benzene rings is 1. The molecule has 3 atom stereocenters. The molecule has 0 spiro atoms. The molecule has 1 aromatic heterocycles. The van der Waals surface area contributed by atoms with Crippen LogP contribution in [0.25, 0.3) is 5.69 Å². The molecule has 0 bridgehead atoms. The van der Waals surface area contributed by atoms with Gasteiger partial charge in [0.25, 0.3) is 0 Å². The fraction of sp³-hybridized carbons (Fsp3) is 0.562. The number of aromatic nitrogens is 4. The summed E-state index contributed by atoms with van der Waals surface area (Å²) in [5.74, 6) is 0.757. The summed E-state index contributed by atoms with van der Waals surface area (Å²) < 4.78 is 1.68. The third-order valence-corrected chi connectivity index (χ3v) is 3.97. The average Bonchev–Trinajstić information content (AvgIpc) is 3.01. The van der Waals surface area contributed by atoms with Crippen molar-refractivity contribution in [2.24, 2.45) is 5.92 Å². The van der Waals surface area contributed by atoms with E-state index >= 15 is 0 Å². The van der Waals surface area contributed by atoms with Gasteiger partial charge in [0, 0.05) is 12.1 Å². The highest BCUT2D eigenvalue weighted by Gasteiger charge is 2.12. The maximum atomic E-state index is 3.93. The molecule has 114 valence electrons. The van der Waals surface area contributed by atoms with Crippen molar-refractivity contribution in [2.45, 2.75) is 52.6 Å². The Morgan fingerprint density at radius 2 is 2.05 bits per heavy atom. The molecular weight excluding hydrogens is 262 g/mol. The number of nitrogens with zero attached hydrogens (tertiary/aromatic N) is 4. The third kappa shape index (κ3) is 4.36. The Kier molecular flexibility index (Phi) is 5.44. The van der Waals surface area contributed by atoms with Gasteiger partial charge >= 0.3 is 0 Å². The molecule has 0 aliphatic heterocycles. The number of hydrogen-bond donors (Lipinski definition) is 1. The topological polar surface area (TPSA) is 55.6 Å². The van der Waals surface area contributed by atoms with E-state index in [0.29, 0.717) is 12.1 Å². The van der Waals surface area contributed by atoms with Gasteiger partial charge in [-0.3, -0.25) is 0 Å². The zero-order chi connectivity index (χ0) is 15.2. The van der Waals surface area contributed by atoms with Crippen molar-refractivity contribution in [3.63, 3.8) is 0 Å². The zero-order valence-electron chi connectivity index (χ0n) is 13.3. The van der Waals surface area contributed by atoms with E-state index in [0.717, 1.165) is 11.6 Å². The van der Waals surface area contributed by atoms with E-state index in [4.69, 9.17) is 0 Å². The molecule has 0 aliphatic carbocycles. The molecule has 1 aromatic carbocycles. The second-order valence-electron chi connectivity index (χ2n) is 5.89. The summed E-state index contributed by atoms with van der Waals surface area (Å²) in [4.78, 5) is 0. The predicted octanol–water partition coefficient (Wildman–Crippen LogP) is 3.14. The van der Waals surface area contributed by atoms with Crippen LogP contribution in [0.2, 0.25) is 0 Å². The number of tetrazole rings is 1. The standard InChI is InChI=1S/C16H25N5/c1-5-12(2)9-13(3)18-14(4)15-7-6-8-16(10-15)21-11-17-19-20-21/h6-8,10-14,18H,5,9H2,1-4H3. The molecule has 0 fully saturated rings. The molecule has 0 aliphatic rings. The van der Waals surface area contributed by atoms with Gasteiger partial charge in [0.15, 0.2) is 0 Å². The lowest BCUT2D eigenvalue weighted by atomic mass is 9.99. The van der Waals surface area contributed by atoms with E-state index in [1.807, 2.05) is 12.1 Å². The van der Waals surface area contributed by atoms with E-state index in [1.54, 1.807) is 11.0 Å². The molecule has 0 amide bonds. The van der Waals surface area contributed by atoms with Crippen molar-refractivity contribution in [1.29, 1.82) is 0 Å². The highest BCUT2D eigenvalue weighted by molar-refractivity contribution is 5.35. The first-order valence-corrected chi connectivity index (χ1v) is 7.69. The minimum absolute atomic E-state index is 0.306. The molecule has 0 radical (unpaired) electrons. The summed E-state index contributed by atoms with van der Waals surface area (Å²) in [6.07, 6.45) is 4.05. The maximum Gasteiger partial charge on any atom is 0.143 e. The van der Waals surface area contributed by atoms with Crippen LogP contribution < -0.4 is 5.32 Å². The molecule has 2 aromatic rings. The maximum absolute atomic E-state index is 3.93. The van der Waals surface area contributed by atoms with Crippen LogP contribution >= 0.6 is 0 Å².